The van der Waals surface area contributed by atoms with Crippen LogP contribution in [-0.2, 0) is 26.7 Å². The minimum atomic E-state index is -0.727. The minimum Gasteiger partial charge on any atom is -0.357 e. The summed E-state index contributed by atoms with van der Waals surface area (Å²) in [4.78, 5) is 57.4. The molecular weight excluding hydrogens is 600 g/mol. The zero-order chi connectivity index (χ0) is 32.5. The van der Waals surface area contributed by atoms with Crippen molar-refractivity contribution in [2.45, 2.75) is 38.6 Å². The Bertz CT molecular complexity index is 1590. The summed E-state index contributed by atoms with van der Waals surface area (Å²) in [5.41, 5.74) is 2.11. The normalized spacial score (nSPS) is 21.4. The van der Waals surface area contributed by atoms with Crippen LogP contribution < -0.4 is 10.6 Å². The maximum atomic E-state index is 14.0. The van der Waals surface area contributed by atoms with E-state index in [9.17, 15) is 19.2 Å². The number of hydrogen-bond acceptors (Lipinski definition) is 6. The average molecular weight is 643 g/mol. The van der Waals surface area contributed by atoms with Crippen LogP contribution in [0.15, 0.2) is 73.1 Å². The van der Waals surface area contributed by atoms with Crippen molar-refractivity contribution >= 4 is 35.4 Å². The highest BCUT2D eigenvalue weighted by atomic mass is 32.2. The van der Waals surface area contributed by atoms with Gasteiger partial charge in [0.25, 0.3) is 5.91 Å². The summed E-state index contributed by atoms with van der Waals surface area (Å²) < 4.78 is 1.74. The number of hydrogen-bond donors (Lipinski definition) is 2. The molecule has 3 aromatic rings. The molecule has 4 amide bonds. The molecule has 3 aliphatic rings. The van der Waals surface area contributed by atoms with E-state index in [0.717, 1.165) is 17.5 Å². The third-order valence-corrected chi connectivity index (χ3v) is 10.8. The quantitative estimate of drug-likeness (QED) is 0.332. The monoisotopic (exact) mass is 642 g/mol. The first-order valence-corrected chi connectivity index (χ1v) is 17.0. The van der Waals surface area contributed by atoms with Crippen LogP contribution in [0.3, 0.4) is 0 Å². The number of carbonyl (C=O) groups is 4. The van der Waals surface area contributed by atoms with Gasteiger partial charge in [-0.3, -0.25) is 23.9 Å². The van der Waals surface area contributed by atoms with Gasteiger partial charge in [0.15, 0.2) is 0 Å². The molecule has 1 aliphatic carbocycles. The smallest absolute Gasteiger partial charge is 0.257 e. The van der Waals surface area contributed by atoms with Crippen molar-refractivity contribution in [2.24, 2.45) is 22.7 Å². The molecule has 2 aromatic carbocycles. The van der Waals surface area contributed by atoms with Crippen LogP contribution in [0.25, 0.3) is 0 Å². The van der Waals surface area contributed by atoms with E-state index in [4.69, 9.17) is 0 Å². The van der Waals surface area contributed by atoms with Crippen molar-refractivity contribution in [1.82, 2.24) is 30.2 Å². The van der Waals surface area contributed by atoms with E-state index in [2.05, 4.69) is 29.6 Å². The van der Waals surface area contributed by atoms with Gasteiger partial charge in [-0.2, -0.15) is 16.9 Å². The lowest BCUT2D eigenvalue weighted by Gasteiger charge is -2.50. The standard InChI is InChI=1S/C35H42N6O4S/c1-34(2)14-27(34)33(45)40-22-35(23-40)21-39(32(44)26-15-37-41(17-26)16-24-10-6-4-7-11-24)18-28(35)30(42)38-29(31(43)36-3)20-46-19-25-12-8-5-9-13-25/h4-13,15,17,27-29H,14,16,18-23H2,1-3H3,(H,36,43)(H,38,42)/t27-,28+,29+/m1/s1. The van der Waals surface area contributed by atoms with Gasteiger partial charge in [-0.1, -0.05) is 74.5 Å². The van der Waals surface area contributed by atoms with Gasteiger partial charge in [-0.05, 0) is 23.0 Å². The van der Waals surface area contributed by atoms with Gasteiger partial charge in [0.1, 0.15) is 6.04 Å². The van der Waals surface area contributed by atoms with Crippen LogP contribution in [0.4, 0.5) is 0 Å². The number of aromatic nitrogens is 2. The van der Waals surface area contributed by atoms with Gasteiger partial charge in [-0.15, -0.1) is 0 Å². The minimum absolute atomic E-state index is 0.00554. The van der Waals surface area contributed by atoms with Crippen molar-refractivity contribution in [3.05, 3.63) is 89.7 Å². The Labute approximate surface area is 274 Å². The first-order chi connectivity index (χ1) is 22.1. The van der Waals surface area contributed by atoms with E-state index in [0.29, 0.717) is 43.2 Å². The number of thioether (sulfide) groups is 1. The molecule has 2 aliphatic heterocycles. The molecule has 2 saturated heterocycles. The second-order valence-electron chi connectivity index (χ2n) is 13.6. The van der Waals surface area contributed by atoms with Crippen LogP contribution >= 0.6 is 11.8 Å². The number of likely N-dealkylation sites (tertiary alicyclic amines) is 2. The molecule has 1 saturated carbocycles. The molecule has 2 N–H and O–H groups in total. The molecule has 1 aromatic heterocycles. The molecule has 46 heavy (non-hydrogen) atoms. The highest BCUT2D eigenvalue weighted by molar-refractivity contribution is 7.98. The topological polar surface area (TPSA) is 117 Å². The van der Waals surface area contributed by atoms with Gasteiger partial charge >= 0.3 is 0 Å². The Balaban J connectivity index is 1.16. The molecular formula is C35H42N6O4S. The largest absolute Gasteiger partial charge is 0.357 e. The van der Waals surface area contributed by atoms with E-state index in [1.807, 2.05) is 65.6 Å². The number of amides is 4. The Hall–Kier alpha value is -4.12. The van der Waals surface area contributed by atoms with Crippen molar-refractivity contribution in [3.8, 4) is 0 Å². The molecule has 11 heteroatoms. The lowest BCUT2D eigenvalue weighted by Crippen LogP contribution is -2.65. The van der Waals surface area contributed by atoms with E-state index in [1.165, 1.54) is 0 Å². The van der Waals surface area contributed by atoms with Crippen LogP contribution in [0.2, 0.25) is 0 Å². The molecule has 3 atom stereocenters. The highest BCUT2D eigenvalue weighted by Gasteiger charge is 2.62. The van der Waals surface area contributed by atoms with Crippen LogP contribution in [-0.4, -0.2) is 88.2 Å². The fraction of sp³-hybridized carbons (Fsp3) is 0.457. The molecule has 0 bridgehead atoms. The van der Waals surface area contributed by atoms with Gasteiger partial charge < -0.3 is 20.4 Å². The summed E-state index contributed by atoms with van der Waals surface area (Å²) >= 11 is 1.58. The zero-order valence-electron chi connectivity index (χ0n) is 26.6. The van der Waals surface area contributed by atoms with Crippen LogP contribution in [0.1, 0.15) is 41.8 Å². The second kappa shape index (κ2) is 12.9. The Kier molecular flexibility index (Phi) is 8.96. The first kappa shape index (κ1) is 31.8. The van der Waals surface area contributed by atoms with E-state index in [1.54, 1.807) is 40.8 Å². The van der Waals surface area contributed by atoms with E-state index >= 15 is 0 Å². The average Bonchev–Trinajstić information content (AvgIpc) is 3.35. The molecule has 0 radical (unpaired) electrons. The van der Waals surface area contributed by atoms with Gasteiger partial charge in [0.05, 0.1) is 24.2 Å². The first-order valence-electron chi connectivity index (χ1n) is 15.9. The number of benzene rings is 2. The predicted octanol–water partition coefficient (Wildman–Crippen LogP) is 3.04. The molecule has 6 rings (SSSR count). The van der Waals surface area contributed by atoms with Crippen LogP contribution in [0, 0.1) is 22.7 Å². The number of carbonyl (C=O) groups excluding carboxylic acids is 4. The lowest BCUT2D eigenvalue weighted by molar-refractivity contribution is -0.151. The zero-order valence-corrected chi connectivity index (χ0v) is 27.5. The maximum absolute atomic E-state index is 14.0. The fourth-order valence-electron chi connectivity index (χ4n) is 6.80. The maximum Gasteiger partial charge on any atom is 0.257 e. The summed E-state index contributed by atoms with van der Waals surface area (Å²) in [7, 11) is 1.56. The summed E-state index contributed by atoms with van der Waals surface area (Å²) in [6, 6.07) is 19.2. The Morgan fingerprint density at radius 1 is 0.935 bits per heavy atom. The van der Waals surface area contributed by atoms with Crippen molar-refractivity contribution < 1.29 is 19.2 Å². The third kappa shape index (κ3) is 6.70. The number of rotatable bonds is 11. The molecule has 3 heterocycles. The summed E-state index contributed by atoms with van der Waals surface area (Å²) in [5, 5.41) is 10.1. The van der Waals surface area contributed by atoms with Gasteiger partial charge in [0, 0.05) is 62.3 Å². The molecule has 3 fully saturated rings. The van der Waals surface area contributed by atoms with Gasteiger partial charge in [-0.25, -0.2) is 0 Å². The highest BCUT2D eigenvalue weighted by Crippen LogP contribution is 2.54. The van der Waals surface area contributed by atoms with Gasteiger partial charge in [0.2, 0.25) is 17.7 Å². The second-order valence-corrected chi connectivity index (χ2v) is 14.7. The van der Waals surface area contributed by atoms with E-state index < -0.39 is 17.4 Å². The fourth-order valence-corrected chi connectivity index (χ4v) is 7.81. The summed E-state index contributed by atoms with van der Waals surface area (Å²) in [6.45, 7) is 6.15. The Morgan fingerprint density at radius 2 is 1.57 bits per heavy atom. The summed E-state index contributed by atoms with van der Waals surface area (Å²) in [5.74, 6) is -0.0178. The number of likely N-dealkylation sites (N-methyl/N-ethyl adjacent to an activating group) is 1. The number of nitrogens with one attached hydrogen (secondary N) is 2. The van der Waals surface area contributed by atoms with Crippen molar-refractivity contribution in [1.29, 1.82) is 0 Å². The summed E-state index contributed by atoms with van der Waals surface area (Å²) in [6.07, 6.45) is 4.18. The van der Waals surface area contributed by atoms with E-state index in [-0.39, 0.29) is 41.5 Å². The lowest BCUT2D eigenvalue weighted by atomic mass is 9.70. The molecule has 0 unspecified atom stereocenters. The molecule has 1 spiro atoms. The third-order valence-electron chi connectivity index (χ3n) is 9.73. The SMILES string of the molecule is CNC(=O)[C@H](CSCc1ccccc1)NC(=O)[C@@H]1CN(C(=O)c2cnn(Cc3ccccc3)c2)CC12CN(C(=O)[C@H]1CC1(C)C)C2. The van der Waals surface area contributed by atoms with Crippen molar-refractivity contribution in [3.63, 3.8) is 0 Å². The Morgan fingerprint density at radius 3 is 2.20 bits per heavy atom. The van der Waals surface area contributed by atoms with Crippen molar-refractivity contribution in [2.75, 3.05) is 39.0 Å². The predicted molar refractivity (Wildman–Crippen MR) is 177 cm³/mol. The molecule has 242 valence electrons. The van der Waals surface area contributed by atoms with Crippen LogP contribution in [0.5, 0.6) is 0 Å². The number of nitrogens with zero attached hydrogens (tertiary/aromatic N) is 4. The molecule has 10 nitrogen and oxygen atoms in total.